The smallest absolute Gasteiger partial charge is 0.336 e. The van der Waals surface area contributed by atoms with Gasteiger partial charge in [0, 0.05) is 24.1 Å². The van der Waals surface area contributed by atoms with Crippen LogP contribution in [0.25, 0.3) is 11.0 Å². The van der Waals surface area contributed by atoms with Gasteiger partial charge in [-0.15, -0.1) is 0 Å². The van der Waals surface area contributed by atoms with Gasteiger partial charge in [0.25, 0.3) is 0 Å². The maximum atomic E-state index is 12.7. The molecule has 1 aliphatic rings. The molecule has 5 nitrogen and oxygen atoms in total. The van der Waals surface area contributed by atoms with E-state index in [1.165, 1.54) is 13.2 Å². The molecule has 1 aromatic heterocycles. The Morgan fingerprint density at radius 1 is 1.25 bits per heavy atom. The molecule has 1 aliphatic heterocycles. The SMILES string of the molecule is COC1C([O-])c2c(ccc3ccc(=O)oc23)OC1(C)C. The molecular formula is C15H15O5-. The van der Waals surface area contributed by atoms with Crippen LogP contribution in [0.15, 0.2) is 33.5 Å². The zero-order valence-electron chi connectivity index (χ0n) is 11.5. The summed E-state index contributed by atoms with van der Waals surface area (Å²) < 4.78 is 16.4. The maximum absolute atomic E-state index is 12.7. The van der Waals surface area contributed by atoms with Crippen molar-refractivity contribution in [3.63, 3.8) is 0 Å². The highest BCUT2D eigenvalue weighted by atomic mass is 16.6. The van der Waals surface area contributed by atoms with E-state index < -0.39 is 23.4 Å². The molecule has 2 aromatic rings. The topological polar surface area (TPSA) is 71.7 Å². The van der Waals surface area contributed by atoms with Crippen molar-refractivity contribution in [1.82, 2.24) is 0 Å². The molecule has 0 N–H and O–H groups in total. The van der Waals surface area contributed by atoms with Gasteiger partial charge in [-0.1, -0.05) is 6.10 Å². The van der Waals surface area contributed by atoms with Gasteiger partial charge in [-0.25, -0.2) is 4.79 Å². The van der Waals surface area contributed by atoms with Gasteiger partial charge in [0.15, 0.2) is 0 Å². The van der Waals surface area contributed by atoms with Crippen LogP contribution in [0.2, 0.25) is 0 Å². The third-order valence-electron chi connectivity index (χ3n) is 3.66. The molecule has 0 saturated heterocycles. The average molecular weight is 275 g/mol. The van der Waals surface area contributed by atoms with Crippen LogP contribution in [0.1, 0.15) is 25.5 Å². The van der Waals surface area contributed by atoms with Gasteiger partial charge in [-0.3, -0.25) is 0 Å². The molecule has 3 rings (SSSR count). The molecule has 5 heteroatoms. The largest absolute Gasteiger partial charge is 0.846 e. The van der Waals surface area contributed by atoms with Crippen molar-refractivity contribution in [2.24, 2.45) is 0 Å². The van der Waals surface area contributed by atoms with Crippen LogP contribution in [0, 0.1) is 0 Å². The fraction of sp³-hybridized carbons (Fsp3) is 0.400. The molecule has 2 atom stereocenters. The van der Waals surface area contributed by atoms with E-state index in [9.17, 15) is 9.90 Å². The van der Waals surface area contributed by atoms with Crippen molar-refractivity contribution in [1.29, 1.82) is 0 Å². The van der Waals surface area contributed by atoms with E-state index in [4.69, 9.17) is 13.9 Å². The van der Waals surface area contributed by atoms with Gasteiger partial charge in [0.05, 0.1) is 6.10 Å². The summed E-state index contributed by atoms with van der Waals surface area (Å²) in [5.74, 6) is 0.449. The van der Waals surface area contributed by atoms with Crippen LogP contribution in [0.3, 0.4) is 0 Å². The fourth-order valence-corrected chi connectivity index (χ4v) is 2.76. The lowest BCUT2D eigenvalue weighted by molar-refractivity contribution is -0.457. The van der Waals surface area contributed by atoms with Gasteiger partial charge in [0.2, 0.25) is 0 Å². The van der Waals surface area contributed by atoms with Crippen LogP contribution < -0.4 is 15.5 Å². The van der Waals surface area contributed by atoms with Crippen molar-refractivity contribution >= 4 is 11.0 Å². The average Bonchev–Trinajstić information content (AvgIpc) is 2.37. The Balaban J connectivity index is 2.30. The predicted molar refractivity (Wildman–Crippen MR) is 70.7 cm³/mol. The number of benzene rings is 1. The quantitative estimate of drug-likeness (QED) is 0.735. The number of hydrogen-bond donors (Lipinski definition) is 0. The van der Waals surface area contributed by atoms with E-state index in [0.29, 0.717) is 16.7 Å². The summed E-state index contributed by atoms with van der Waals surface area (Å²) in [6.07, 6.45) is -1.83. The third kappa shape index (κ3) is 1.82. The Hall–Kier alpha value is -1.85. The predicted octanol–water partition coefficient (Wildman–Crippen LogP) is 1.38. The van der Waals surface area contributed by atoms with E-state index in [0.717, 1.165) is 0 Å². The van der Waals surface area contributed by atoms with Crippen molar-refractivity contribution < 1.29 is 19.0 Å². The molecule has 0 radical (unpaired) electrons. The normalized spacial score (nSPS) is 24.2. The summed E-state index contributed by atoms with van der Waals surface area (Å²) in [6.45, 7) is 3.61. The summed E-state index contributed by atoms with van der Waals surface area (Å²) in [6, 6.07) is 6.47. The van der Waals surface area contributed by atoms with Gasteiger partial charge in [-0.05, 0) is 32.0 Å². The highest BCUT2D eigenvalue weighted by molar-refractivity contribution is 5.82. The standard InChI is InChI=1S/C15H15O5/c1-15(2)14(18-3)12(17)11-9(20-15)6-4-8-5-7-10(16)19-13(8)11/h4-7,12,14H,1-3H3/q-1. The van der Waals surface area contributed by atoms with Gasteiger partial charge in [0.1, 0.15) is 16.9 Å². The summed E-state index contributed by atoms with van der Waals surface area (Å²) in [5, 5.41) is 13.4. The molecule has 1 aromatic carbocycles. The first-order valence-corrected chi connectivity index (χ1v) is 6.38. The molecule has 20 heavy (non-hydrogen) atoms. The van der Waals surface area contributed by atoms with Crippen LogP contribution in [-0.4, -0.2) is 18.8 Å². The summed E-state index contributed by atoms with van der Waals surface area (Å²) in [4.78, 5) is 11.4. The lowest BCUT2D eigenvalue weighted by Gasteiger charge is -2.47. The van der Waals surface area contributed by atoms with E-state index in [1.54, 1.807) is 32.0 Å². The van der Waals surface area contributed by atoms with Crippen LogP contribution >= 0.6 is 0 Å². The minimum Gasteiger partial charge on any atom is -0.846 e. The zero-order chi connectivity index (χ0) is 14.5. The number of rotatable bonds is 1. The van der Waals surface area contributed by atoms with Crippen molar-refractivity contribution in [2.75, 3.05) is 7.11 Å². The van der Waals surface area contributed by atoms with E-state index in [-0.39, 0.29) is 5.58 Å². The summed E-state index contributed by atoms with van der Waals surface area (Å²) in [7, 11) is 1.48. The Labute approximate surface area is 115 Å². The van der Waals surface area contributed by atoms with Gasteiger partial charge < -0.3 is 19.0 Å². The van der Waals surface area contributed by atoms with Crippen LogP contribution in [-0.2, 0) is 4.74 Å². The fourth-order valence-electron chi connectivity index (χ4n) is 2.76. The van der Waals surface area contributed by atoms with Crippen molar-refractivity contribution in [3.05, 3.63) is 40.2 Å². The minimum absolute atomic E-state index is 0.285. The Morgan fingerprint density at radius 3 is 2.65 bits per heavy atom. The summed E-state index contributed by atoms with van der Waals surface area (Å²) in [5.41, 5.74) is -0.590. The van der Waals surface area contributed by atoms with Crippen molar-refractivity contribution in [2.45, 2.75) is 31.7 Å². The Bertz CT molecular complexity index is 716. The molecule has 0 aliphatic carbocycles. The second-order valence-corrected chi connectivity index (χ2v) is 5.43. The second kappa shape index (κ2) is 4.33. The molecule has 2 unspecified atom stereocenters. The van der Waals surface area contributed by atoms with Gasteiger partial charge >= 0.3 is 5.63 Å². The lowest BCUT2D eigenvalue weighted by Crippen LogP contribution is -2.53. The van der Waals surface area contributed by atoms with Gasteiger partial charge in [-0.2, -0.15) is 0 Å². The molecular weight excluding hydrogens is 260 g/mol. The first-order valence-electron chi connectivity index (χ1n) is 6.38. The molecule has 0 saturated carbocycles. The minimum atomic E-state index is -1.17. The lowest BCUT2D eigenvalue weighted by atomic mass is 9.87. The van der Waals surface area contributed by atoms with E-state index in [1.807, 2.05) is 0 Å². The summed E-state index contributed by atoms with van der Waals surface area (Å²) >= 11 is 0. The first-order chi connectivity index (χ1) is 9.44. The Kier molecular flexibility index (Phi) is 2.84. The molecule has 0 fully saturated rings. The molecule has 106 valence electrons. The number of ether oxygens (including phenoxy) is 2. The Morgan fingerprint density at radius 2 is 1.95 bits per heavy atom. The van der Waals surface area contributed by atoms with E-state index in [2.05, 4.69) is 0 Å². The first kappa shape index (κ1) is 13.1. The maximum Gasteiger partial charge on any atom is 0.336 e. The third-order valence-corrected chi connectivity index (χ3v) is 3.66. The second-order valence-electron chi connectivity index (χ2n) is 5.43. The number of methoxy groups -OCH3 is 1. The molecule has 2 heterocycles. The highest BCUT2D eigenvalue weighted by Gasteiger charge is 2.40. The highest BCUT2D eigenvalue weighted by Crippen LogP contribution is 2.42. The van der Waals surface area contributed by atoms with E-state index >= 15 is 0 Å². The molecule has 0 spiro atoms. The van der Waals surface area contributed by atoms with Crippen LogP contribution in [0.5, 0.6) is 5.75 Å². The number of hydrogen-bond acceptors (Lipinski definition) is 5. The zero-order valence-corrected chi connectivity index (χ0v) is 11.5. The van der Waals surface area contributed by atoms with Crippen LogP contribution in [0.4, 0.5) is 0 Å². The molecule has 0 amide bonds. The number of fused-ring (bicyclic) bond motifs is 3. The molecule has 0 bridgehead atoms. The monoisotopic (exact) mass is 275 g/mol. The van der Waals surface area contributed by atoms with Crippen molar-refractivity contribution in [3.8, 4) is 5.75 Å².